The summed E-state index contributed by atoms with van der Waals surface area (Å²) in [5, 5.41) is 12.6. The first kappa shape index (κ1) is 11.6. The molecule has 3 N–H and O–H groups in total. The molecule has 0 spiro atoms. The van der Waals surface area contributed by atoms with Gasteiger partial charge >= 0.3 is 0 Å². The molecule has 0 heterocycles. The fraction of sp³-hybridized carbons (Fsp3) is 0.188. The van der Waals surface area contributed by atoms with Gasteiger partial charge in [0, 0.05) is 11.7 Å². The second-order valence-corrected chi connectivity index (χ2v) is 4.94. The van der Waals surface area contributed by atoms with Crippen molar-refractivity contribution in [3.8, 4) is 6.07 Å². The maximum absolute atomic E-state index is 9.14. The van der Waals surface area contributed by atoms with Gasteiger partial charge in [-0.3, -0.25) is 0 Å². The zero-order chi connectivity index (χ0) is 13.2. The first-order valence-corrected chi connectivity index (χ1v) is 6.39. The Morgan fingerprint density at radius 2 is 1.79 bits per heavy atom. The molecular formula is C16H15N3. The van der Waals surface area contributed by atoms with Gasteiger partial charge in [-0.2, -0.15) is 5.26 Å². The highest BCUT2D eigenvalue weighted by atomic mass is 14.9. The SMILES string of the molecule is N#Cc1cc(N)ccc1NC1Cc2ccccc2C1. The van der Waals surface area contributed by atoms with Crippen molar-refractivity contribution in [3.05, 3.63) is 59.2 Å². The van der Waals surface area contributed by atoms with E-state index in [1.807, 2.05) is 12.1 Å². The number of hydrogen-bond donors (Lipinski definition) is 2. The van der Waals surface area contributed by atoms with Crippen molar-refractivity contribution in [2.45, 2.75) is 18.9 Å². The van der Waals surface area contributed by atoms with E-state index in [1.165, 1.54) is 11.1 Å². The smallest absolute Gasteiger partial charge is 0.101 e. The molecule has 0 unspecified atom stereocenters. The average Bonchev–Trinajstić information content (AvgIpc) is 2.83. The lowest BCUT2D eigenvalue weighted by Gasteiger charge is -2.15. The van der Waals surface area contributed by atoms with Gasteiger partial charge in [0.2, 0.25) is 0 Å². The summed E-state index contributed by atoms with van der Waals surface area (Å²) in [4.78, 5) is 0. The number of nitrogens with two attached hydrogens (primary N) is 1. The van der Waals surface area contributed by atoms with Crippen LogP contribution in [-0.2, 0) is 12.8 Å². The molecule has 3 rings (SSSR count). The lowest BCUT2D eigenvalue weighted by molar-refractivity contribution is 0.774. The van der Waals surface area contributed by atoms with Crippen molar-refractivity contribution in [2.24, 2.45) is 0 Å². The van der Waals surface area contributed by atoms with Crippen molar-refractivity contribution in [3.63, 3.8) is 0 Å². The Labute approximate surface area is 112 Å². The molecule has 1 aliphatic rings. The first-order valence-electron chi connectivity index (χ1n) is 6.39. The van der Waals surface area contributed by atoms with Gasteiger partial charge < -0.3 is 11.1 Å². The van der Waals surface area contributed by atoms with Crippen molar-refractivity contribution < 1.29 is 0 Å². The number of benzene rings is 2. The number of anilines is 2. The molecule has 0 radical (unpaired) electrons. The van der Waals surface area contributed by atoms with Crippen LogP contribution < -0.4 is 11.1 Å². The van der Waals surface area contributed by atoms with E-state index in [2.05, 4.69) is 35.7 Å². The van der Waals surface area contributed by atoms with Crippen LogP contribution in [0.1, 0.15) is 16.7 Å². The van der Waals surface area contributed by atoms with Gasteiger partial charge in [-0.1, -0.05) is 24.3 Å². The van der Waals surface area contributed by atoms with Crippen LogP contribution in [-0.4, -0.2) is 6.04 Å². The van der Waals surface area contributed by atoms with E-state index in [4.69, 9.17) is 11.0 Å². The van der Waals surface area contributed by atoms with Crippen LogP contribution in [0.2, 0.25) is 0 Å². The third kappa shape index (κ3) is 2.25. The minimum Gasteiger partial charge on any atom is -0.399 e. The van der Waals surface area contributed by atoms with Crippen LogP contribution in [0.25, 0.3) is 0 Å². The third-order valence-electron chi connectivity index (χ3n) is 3.57. The topological polar surface area (TPSA) is 61.8 Å². The van der Waals surface area contributed by atoms with Gasteiger partial charge in [0.1, 0.15) is 6.07 Å². The molecule has 94 valence electrons. The molecule has 0 aromatic heterocycles. The van der Waals surface area contributed by atoms with Crippen LogP contribution in [0.5, 0.6) is 0 Å². The van der Waals surface area contributed by atoms with Crippen LogP contribution >= 0.6 is 0 Å². The van der Waals surface area contributed by atoms with E-state index in [-0.39, 0.29) is 0 Å². The number of nitriles is 1. The zero-order valence-corrected chi connectivity index (χ0v) is 10.6. The molecule has 0 aliphatic heterocycles. The Bertz CT molecular complexity index is 630. The second kappa shape index (κ2) is 4.66. The minimum atomic E-state index is 0.355. The lowest BCUT2D eigenvalue weighted by atomic mass is 10.1. The van der Waals surface area contributed by atoms with Crippen molar-refractivity contribution in [2.75, 3.05) is 11.1 Å². The lowest BCUT2D eigenvalue weighted by Crippen LogP contribution is -2.20. The fourth-order valence-corrected chi connectivity index (χ4v) is 2.66. The number of nitrogen functional groups attached to an aromatic ring is 1. The first-order chi connectivity index (χ1) is 9.26. The summed E-state index contributed by atoms with van der Waals surface area (Å²) in [5.74, 6) is 0. The molecule has 0 bridgehead atoms. The van der Waals surface area contributed by atoms with Gasteiger partial charge in [-0.15, -0.1) is 0 Å². The van der Waals surface area contributed by atoms with E-state index >= 15 is 0 Å². The molecule has 0 amide bonds. The van der Waals surface area contributed by atoms with Crippen LogP contribution in [0.15, 0.2) is 42.5 Å². The second-order valence-electron chi connectivity index (χ2n) is 4.94. The summed E-state index contributed by atoms with van der Waals surface area (Å²) < 4.78 is 0. The van der Waals surface area contributed by atoms with Gasteiger partial charge in [-0.05, 0) is 42.2 Å². The van der Waals surface area contributed by atoms with E-state index in [1.54, 1.807) is 6.07 Å². The highest BCUT2D eigenvalue weighted by Gasteiger charge is 2.21. The highest BCUT2D eigenvalue weighted by Crippen LogP contribution is 2.26. The molecule has 0 saturated carbocycles. The number of rotatable bonds is 2. The molecule has 2 aromatic carbocycles. The molecule has 0 saturated heterocycles. The molecule has 0 fully saturated rings. The van der Waals surface area contributed by atoms with E-state index in [0.29, 0.717) is 17.3 Å². The average molecular weight is 249 g/mol. The van der Waals surface area contributed by atoms with Crippen LogP contribution in [0.3, 0.4) is 0 Å². The van der Waals surface area contributed by atoms with E-state index in [0.717, 1.165) is 18.5 Å². The maximum Gasteiger partial charge on any atom is 0.101 e. The molecule has 3 nitrogen and oxygen atoms in total. The Kier molecular flexibility index (Phi) is 2.85. The summed E-state index contributed by atoms with van der Waals surface area (Å²) >= 11 is 0. The summed E-state index contributed by atoms with van der Waals surface area (Å²) in [6, 6.07) is 16.5. The number of nitrogens with one attached hydrogen (secondary N) is 1. The predicted octanol–water partition coefficient (Wildman–Crippen LogP) is 2.72. The number of nitrogens with zero attached hydrogens (tertiary/aromatic N) is 1. The van der Waals surface area contributed by atoms with E-state index in [9.17, 15) is 0 Å². The standard InChI is InChI=1S/C16H15N3/c17-10-13-7-14(18)5-6-16(13)19-15-8-11-3-1-2-4-12(11)9-15/h1-7,15,19H,8-9,18H2. The molecule has 19 heavy (non-hydrogen) atoms. The predicted molar refractivity (Wildman–Crippen MR) is 76.8 cm³/mol. The summed E-state index contributed by atoms with van der Waals surface area (Å²) in [6.07, 6.45) is 2.01. The normalized spacial score (nSPS) is 13.8. The monoisotopic (exact) mass is 249 g/mol. The third-order valence-corrected chi connectivity index (χ3v) is 3.57. The summed E-state index contributed by atoms with van der Waals surface area (Å²) in [7, 11) is 0. The Balaban J connectivity index is 1.80. The molecule has 2 aromatic rings. The van der Waals surface area contributed by atoms with Crippen molar-refractivity contribution in [1.29, 1.82) is 5.26 Å². The minimum absolute atomic E-state index is 0.355. The molecule has 0 atom stereocenters. The zero-order valence-electron chi connectivity index (χ0n) is 10.6. The molecule has 3 heteroatoms. The Morgan fingerprint density at radius 3 is 2.42 bits per heavy atom. The molecular weight excluding hydrogens is 234 g/mol. The highest BCUT2D eigenvalue weighted by molar-refractivity contribution is 5.63. The van der Waals surface area contributed by atoms with Crippen LogP contribution in [0, 0.1) is 11.3 Å². The van der Waals surface area contributed by atoms with Crippen molar-refractivity contribution in [1.82, 2.24) is 0 Å². The molecule has 1 aliphatic carbocycles. The largest absolute Gasteiger partial charge is 0.399 e. The van der Waals surface area contributed by atoms with E-state index < -0.39 is 0 Å². The van der Waals surface area contributed by atoms with Crippen LogP contribution in [0.4, 0.5) is 11.4 Å². The van der Waals surface area contributed by atoms with Gasteiger partial charge in [0.15, 0.2) is 0 Å². The van der Waals surface area contributed by atoms with Gasteiger partial charge in [-0.25, -0.2) is 0 Å². The van der Waals surface area contributed by atoms with Gasteiger partial charge in [0.25, 0.3) is 0 Å². The summed E-state index contributed by atoms with van der Waals surface area (Å²) in [5.41, 5.74) is 10.6. The summed E-state index contributed by atoms with van der Waals surface area (Å²) in [6.45, 7) is 0. The fourth-order valence-electron chi connectivity index (χ4n) is 2.66. The van der Waals surface area contributed by atoms with Gasteiger partial charge in [0.05, 0.1) is 11.3 Å². The Hall–Kier alpha value is -2.47. The Morgan fingerprint density at radius 1 is 1.11 bits per heavy atom. The number of fused-ring (bicyclic) bond motifs is 1. The van der Waals surface area contributed by atoms with Crippen molar-refractivity contribution >= 4 is 11.4 Å². The quantitative estimate of drug-likeness (QED) is 0.804. The maximum atomic E-state index is 9.14. The number of hydrogen-bond acceptors (Lipinski definition) is 3.